The van der Waals surface area contributed by atoms with Crippen molar-refractivity contribution >= 4 is 33.2 Å². The Morgan fingerprint density at radius 3 is 2.69 bits per heavy atom. The molecule has 1 aromatic carbocycles. The number of benzene rings is 1. The van der Waals surface area contributed by atoms with E-state index in [2.05, 4.69) is 10.1 Å². The fraction of sp³-hybridized carbons (Fsp3) is 0.167. The molecule has 0 amide bonds. The number of alkyl halides is 3. The number of fused-ring (bicyclic) bond motifs is 2. The summed E-state index contributed by atoms with van der Waals surface area (Å²) in [5.74, 6) is -0.632. The van der Waals surface area contributed by atoms with E-state index in [1.54, 1.807) is 25.3 Å². The number of carbonyl (C=O) groups excluding carboxylic acids is 1. The van der Waals surface area contributed by atoms with Crippen LogP contribution < -0.4 is 5.56 Å². The normalized spacial score (nSPS) is 11.9. The summed E-state index contributed by atoms with van der Waals surface area (Å²) < 4.78 is 47.7. The molecule has 0 saturated carbocycles. The number of ether oxygens (including phenoxy) is 1. The third kappa shape index (κ3) is 4.18. The fourth-order valence-electron chi connectivity index (χ4n) is 3.73. The molecule has 0 aliphatic carbocycles. The lowest BCUT2D eigenvalue weighted by Crippen LogP contribution is -2.17. The highest BCUT2D eigenvalue weighted by atomic mass is 32.1. The summed E-state index contributed by atoms with van der Waals surface area (Å²) >= 11 is 1.06. The van der Waals surface area contributed by atoms with Gasteiger partial charge in [0.25, 0.3) is 5.56 Å². The van der Waals surface area contributed by atoms with Crippen LogP contribution in [0.25, 0.3) is 21.6 Å². The van der Waals surface area contributed by atoms with Crippen LogP contribution in [-0.2, 0) is 17.5 Å². The van der Waals surface area contributed by atoms with Crippen LogP contribution in [0.15, 0.2) is 59.5 Å². The van der Waals surface area contributed by atoms with Crippen molar-refractivity contribution in [2.24, 2.45) is 0 Å². The molecule has 0 saturated heterocycles. The molecule has 7 nitrogen and oxygen atoms in total. The first-order valence-electron chi connectivity index (χ1n) is 10.4. The Balaban J connectivity index is 1.43. The van der Waals surface area contributed by atoms with E-state index in [0.29, 0.717) is 27.3 Å². The van der Waals surface area contributed by atoms with Gasteiger partial charge in [0.2, 0.25) is 0 Å². The molecule has 11 heteroatoms. The number of esters is 1. The first-order chi connectivity index (χ1) is 16.6. The van der Waals surface area contributed by atoms with Gasteiger partial charge in [-0.1, -0.05) is 12.1 Å². The van der Waals surface area contributed by atoms with Crippen molar-refractivity contribution in [3.05, 3.63) is 92.5 Å². The first-order valence-corrected chi connectivity index (χ1v) is 11.3. The minimum absolute atomic E-state index is 0.202. The van der Waals surface area contributed by atoms with E-state index in [4.69, 9.17) is 4.74 Å². The first kappa shape index (κ1) is 22.8. The van der Waals surface area contributed by atoms with E-state index in [9.17, 15) is 22.8 Å². The average molecular weight is 498 g/mol. The number of hydrogen-bond donors (Lipinski definition) is 0. The summed E-state index contributed by atoms with van der Waals surface area (Å²) in [5.41, 5.74) is 1.31. The predicted octanol–water partition coefficient (Wildman–Crippen LogP) is 5.09. The van der Waals surface area contributed by atoms with Crippen molar-refractivity contribution in [1.82, 2.24) is 19.2 Å². The predicted molar refractivity (Wildman–Crippen MR) is 124 cm³/mol. The van der Waals surface area contributed by atoms with E-state index in [1.807, 2.05) is 13.0 Å². The van der Waals surface area contributed by atoms with Gasteiger partial charge in [0.1, 0.15) is 22.0 Å². The Bertz CT molecular complexity index is 1670. The lowest BCUT2D eigenvalue weighted by molar-refractivity contribution is -0.137. The van der Waals surface area contributed by atoms with Gasteiger partial charge in [-0.15, -0.1) is 11.3 Å². The fourth-order valence-corrected chi connectivity index (χ4v) is 4.81. The van der Waals surface area contributed by atoms with Crippen LogP contribution in [-0.4, -0.2) is 25.1 Å². The summed E-state index contributed by atoms with van der Waals surface area (Å²) in [6, 6.07) is 11.3. The van der Waals surface area contributed by atoms with Gasteiger partial charge < -0.3 is 4.74 Å². The number of rotatable bonds is 4. The Kier molecular flexibility index (Phi) is 5.43. The molecule has 4 heterocycles. The number of thiophene rings is 1. The van der Waals surface area contributed by atoms with Crippen molar-refractivity contribution in [1.29, 1.82) is 0 Å². The van der Waals surface area contributed by atoms with Crippen LogP contribution >= 0.6 is 11.3 Å². The lowest BCUT2D eigenvalue weighted by atomic mass is 10.2. The monoisotopic (exact) mass is 498 g/mol. The van der Waals surface area contributed by atoms with E-state index in [1.165, 1.54) is 27.3 Å². The van der Waals surface area contributed by atoms with Crippen molar-refractivity contribution in [3.8, 4) is 5.69 Å². The topological polar surface area (TPSA) is 78.5 Å². The zero-order chi connectivity index (χ0) is 24.9. The number of aryl methyl sites for hydroxylation is 2. The molecule has 178 valence electrons. The molecule has 0 aliphatic heterocycles. The molecule has 0 atom stereocenters. The molecular formula is C24H17F3N4O3S. The summed E-state index contributed by atoms with van der Waals surface area (Å²) in [5, 5.41) is 4.98. The Morgan fingerprint density at radius 1 is 1.11 bits per heavy atom. The standard InChI is InChI=1S/C24H17F3N4O3S/c1-13-5-4-8-30-20(32)10-16(28-21(13)30)12-34-23(33)19-11-18-14(2)29-31(22(18)35-19)17-7-3-6-15(9-17)24(25,26)27/h3-11H,12H2,1-2H3. The highest BCUT2D eigenvalue weighted by molar-refractivity contribution is 7.20. The molecular weight excluding hydrogens is 481 g/mol. The van der Waals surface area contributed by atoms with Crippen LogP contribution in [0.1, 0.15) is 32.2 Å². The van der Waals surface area contributed by atoms with Crippen LogP contribution in [0.2, 0.25) is 0 Å². The quantitative estimate of drug-likeness (QED) is 0.323. The number of pyridine rings is 1. The van der Waals surface area contributed by atoms with Gasteiger partial charge in [0.05, 0.1) is 22.6 Å². The maximum Gasteiger partial charge on any atom is 0.416 e. The summed E-state index contributed by atoms with van der Waals surface area (Å²) in [4.78, 5) is 30.3. The summed E-state index contributed by atoms with van der Waals surface area (Å²) in [7, 11) is 0. The van der Waals surface area contributed by atoms with Crippen molar-refractivity contribution in [2.45, 2.75) is 26.6 Å². The molecule has 35 heavy (non-hydrogen) atoms. The minimum atomic E-state index is -4.49. The van der Waals surface area contributed by atoms with Crippen molar-refractivity contribution in [3.63, 3.8) is 0 Å². The SMILES string of the molecule is Cc1nn(-c2cccc(C(F)(F)F)c2)c2sc(C(=O)OCc3cc(=O)n4cccc(C)c4n3)cc12. The molecule has 0 bridgehead atoms. The second kappa shape index (κ2) is 8.35. The highest BCUT2D eigenvalue weighted by Gasteiger charge is 2.31. The van der Waals surface area contributed by atoms with Gasteiger partial charge >= 0.3 is 12.1 Å². The molecule has 0 spiro atoms. The van der Waals surface area contributed by atoms with Gasteiger partial charge in [-0.05, 0) is 49.7 Å². The molecule has 5 aromatic rings. The summed E-state index contributed by atoms with van der Waals surface area (Å²) in [6.45, 7) is 3.33. The number of hydrogen-bond acceptors (Lipinski definition) is 6. The van der Waals surface area contributed by atoms with E-state index >= 15 is 0 Å². The molecule has 0 unspecified atom stereocenters. The molecule has 0 N–H and O–H groups in total. The summed E-state index contributed by atoms with van der Waals surface area (Å²) in [6.07, 6.45) is -2.87. The van der Waals surface area contributed by atoms with Gasteiger partial charge in [-0.3, -0.25) is 9.20 Å². The van der Waals surface area contributed by atoms with E-state index in [-0.39, 0.29) is 22.7 Å². The largest absolute Gasteiger partial charge is 0.455 e. The molecule has 0 fully saturated rings. The van der Waals surface area contributed by atoms with Gasteiger partial charge in [-0.25, -0.2) is 14.5 Å². The van der Waals surface area contributed by atoms with Crippen LogP contribution in [0.4, 0.5) is 13.2 Å². The van der Waals surface area contributed by atoms with Crippen LogP contribution in [0.5, 0.6) is 0 Å². The molecule has 4 aromatic heterocycles. The smallest absolute Gasteiger partial charge is 0.416 e. The minimum Gasteiger partial charge on any atom is -0.455 e. The average Bonchev–Trinajstić information content (AvgIpc) is 3.38. The number of carbonyl (C=O) groups is 1. The Morgan fingerprint density at radius 2 is 1.91 bits per heavy atom. The van der Waals surface area contributed by atoms with Crippen LogP contribution in [0, 0.1) is 13.8 Å². The van der Waals surface area contributed by atoms with Crippen LogP contribution in [0.3, 0.4) is 0 Å². The Hall–Kier alpha value is -3.99. The van der Waals surface area contributed by atoms with E-state index < -0.39 is 17.7 Å². The molecule has 0 aliphatic rings. The van der Waals surface area contributed by atoms with Gasteiger partial charge in [0, 0.05) is 17.6 Å². The second-order valence-corrected chi connectivity index (χ2v) is 8.95. The maximum atomic E-state index is 13.2. The van der Waals surface area contributed by atoms with Crippen molar-refractivity contribution in [2.75, 3.05) is 0 Å². The van der Waals surface area contributed by atoms with Crippen molar-refractivity contribution < 1.29 is 22.7 Å². The van der Waals surface area contributed by atoms with E-state index in [0.717, 1.165) is 29.0 Å². The maximum absolute atomic E-state index is 13.2. The lowest BCUT2D eigenvalue weighted by Gasteiger charge is -2.09. The zero-order valence-corrected chi connectivity index (χ0v) is 19.3. The second-order valence-electron chi connectivity index (χ2n) is 7.92. The number of nitrogens with zero attached hydrogens (tertiary/aromatic N) is 4. The number of halogens is 3. The van der Waals surface area contributed by atoms with Gasteiger partial charge in [0.15, 0.2) is 0 Å². The number of aromatic nitrogens is 4. The Labute approximate surface area is 200 Å². The van der Waals surface area contributed by atoms with Gasteiger partial charge in [-0.2, -0.15) is 18.3 Å². The zero-order valence-electron chi connectivity index (χ0n) is 18.5. The third-order valence-electron chi connectivity index (χ3n) is 5.45. The highest BCUT2D eigenvalue weighted by Crippen LogP contribution is 2.34. The third-order valence-corrected chi connectivity index (χ3v) is 6.54. The molecule has 0 radical (unpaired) electrons. The molecule has 5 rings (SSSR count).